The van der Waals surface area contributed by atoms with Crippen LogP contribution in [0.4, 0.5) is 27.6 Å². The molecule has 2 N–H and O–H groups in total. The van der Waals surface area contributed by atoms with Crippen LogP contribution in [0.2, 0.25) is 0 Å². The number of anilines is 1. The van der Waals surface area contributed by atoms with Crippen molar-refractivity contribution in [1.82, 2.24) is 24.5 Å². The molecule has 0 saturated heterocycles. The Morgan fingerprint density at radius 3 is 2.37 bits per heavy atom. The van der Waals surface area contributed by atoms with E-state index in [1.807, 2.05) is 0 Å². The molecule has 0 spiro atoms. The quantitative estimate of drug-likeness (QED) is 0.273. The van der Waals surface area contributed by atoms with E-state index < -0.39 is 29.0 Å². The van der Waals surface area contributed by atoms with Crippen molar-refractivity contribution < 1.29 is 27.1 Å². The molecule has 1 unspecified atom stereocenters. The van der Waals surface area contributed by atoms with Crippen LogP contribution in [0.1, 0.15) is 16.7 Å². The van der Waals surface area contributed by atoms with Gasteiger partial charge in [-0.15, -0.1) is 0 Å². The van der Waals surface area contributed by atoms with Gasteiger partial charge in [0, 0.05) is 29.2 Å². The fraction of sp³-hybridized carbons (Fsp3) is 0.192. The Morgan fingerprint density at radius 1 is 0.895 bits per heavy atom. The van der Waals surface area contributed by atoms with E-state index in [1.165, 1.54) is 40.2 Å². The number of fused-ring (bicyclic) bond motifs is 1. The monoisotopic (exact) mass is 528 g/mol. The molecule has 2 aromatic heterocycles. The summed E-state index contributed by atoms with van der Waals surface area (Å²) in [5.41, 5.74) is -0.645. The Hall–Kier alpha value is -4.32. The van der Waals surface area contributed by atoms with Gasteiger partial charge in [0.25, 0.3) is 0 Å². The van der Waals surface area contributed by atoms with Crippen LogP contribution in [-0.4, -0.2) is 29.7 Å². The minimum atomic E-state index is -4.39. The van der Waals surface area contributed by atoms with Crippen LogP contribution in [0.25, 0.3) is 10.9 Å². The van der Waals surface area contributed by atoms with E-state index in [0.29, 0.717) is 34.8 Å². The van der Waals surface area contributed by atoms with Crippen molar-refractivity contribution >= 4 is 16.6 Å². The maximum Gasteiger partial charge on any atom is 0.416 e. The third-order valence-corrected chi connectivity index (χ3v) is 6.15. The smallest absolute Gasteiger partial charge is 0.381 e. The average molecular weight is 528 g/mol. The summed E-state index contributed by atoms with van der Waals surface area (Å²) in [5.74, 6) is -1.67. The molecule has 12 heteroatoms. The van der Waals surface area contributed by atoms with Crippen molar-refractivity contribution in [3.05, 3.63) is 108 Å². The lowest BCUT2D eigenvalue weighted by atomic mass is 9.92. The number of aliphatic hydroxyl groups is 1. The van der Waals surface area contributed by atoms with Crippen LogP contribution in [0, 0.1) is 11.6 Å². The number of nitrogens with zero attached hydrogens (tertiary/aromatic N) is 5. The molecule has 38 heavy (non-hydrogen) atoms. The molecule has 7 nitrogen and oxygen atoms in total. The second-order valence-electron chi connectivity index (χ2n) is 8.87. The summed E-state index contributed by atoms with van der Waals surface area (Å²) in [7, 11) is 0. The van der Waals surface area contributed by atoms with Gasteiger partial charge < -0.3 is 10.4 Å². The Balaban J connectivity index is 1.37. The Labute approximate surface area is 213 Å². The molecule has 0 aliphatic rings. The number of rotatable bonds is 8. The second-order valence-corrected chi connectivity index (χ2v) is 8.87. The van der Waals surface area contributed by atoms with Crippen LogP contribution < -0.4 is 5.32 Å². The van der Waals surface area contributed by atoms with Gasteiger partial charge in [-0.1, -0.05) is 18.2 Å². The van der Waals surface area contributed by atoms with Crippen molar-refractivity contribution in [2.24, 2.45) is 0 Å². The summed E-state index contributed by atoms with van der Waals surface area (Å²) >= 11 is 0. The second kappa shape index (κ2) is 9.86. The first-order valence-corrected chi connectivity index (χ1v) is 11.5. The fourth-order valence-corrected chi connectivity index (χ4v) is 4.26. The van der Waals surface area contributed by atoms with Gasteiger partial charge in [0.1, 0.15) is 29.9 Å². The van der Waals surface area contributed by atoms with Gasteiger partial charge in [0.15, 0.2) is 0 Å². The Kier molecular flexibility index (Phi) is 6.57. The summed E-state index contributed by atoms with van der Waals surface area (Å²) in [6.07, 6.45) is -0.150. The zero-order valence-electron chi connectivity index (χ0n) is 19.7. The van der Waals surface area contributed by atoms with Crippen LogP contribution >= 0.6 is 0 Å². The van der Waals surface area contributed by atoms with E-state index in [9.17, 15) is 27.1 Å². The number of alkyl halides is 3. The van der Waals surface area contributed by atoms with E-state index in [0.717, 1.165) is 18.2 Å². The minimum absolute atomic E-state index is 0.118. The molecule has 0 fully saturated rings. The van der Waals surface area contributed by atoms with E-state index >= 15 is 0 Å². The molecule has 0 aliphatic heterocycles. The average Bonchev–Trinajstić information content (AvgIpc) is 3.52. The molecular formula is C26H21F5N6O. The van der Waals surface area contributed by atoms with E-state index in [-0.39, 0.29) is 18.7 Å². The first kappa shape index (κ1) is 25.3. The highest BCUT2D eigenvalue weighted by atomic mass is 19.4. The molecule has 5 aromatic rings. The van der Waals surface area contributed by atoms with Crippen LogP contribution in [0.15, 0.2) is 79.5 Å². The standard InChI is InChI=1S/C26H21F5N6O/c27-20-5-7-22(23(28)10-20)25(38,13-36-16-32-15-35-36)14-37-24-8-6-21(9-18(24)12-34-37)33-11-17-1-3-19(4-2-17)26(29,30)31/h1-10,12,15-16,33,38H,11,13-14H2. The van der Waals surface area contributed by atoms with Gasteiger partial charge >= 0.3 is 6.18 Å². The Morgan fingerprint density at radius 2 is 1.68 bits per heavy atom. The number of halogens is 5. The summed E-state index contributed by atoms with van der Waals surface area (Å²) in [6.45, 7) is -0.0276. The Bertz CT molecular complexity index is 1550. The largest absolute Gasteiger partial charge is 0.416 e. The third-order valence-electron chi connectivity index (χ3n) is 6.15. The van der Waals surface area contributed by atoms with Gasteiger partial charge in [-0.25, -0.2) is 18.4 Å². The molecule has 0 saturated carbocycles. The highest BCUT2D eigenvalue weighted by Gasteiger charge is 2.35. The van der Waals surface area contributed by atoms with Crippen molar-refractivity contribution in [2.75, 3.05) is 5.32 Å². The van der Waals surface area contributed by atoms with Gasteiger partial charge in [-0.2, -0.15) is 23.4 Å². The highest BCUT2D eigenvalue weighted by molar-refractivity contribution is 5.82. The zero-order chi connectivity index (χ0) is 26.9. The minimum Gasteiger partial charge on any atom is -0.381 e. The summed E-state index contributed by atoms with van der Waals surface area (Å²) in [5, 5.41) is 23.8. The number of hydrogen-bond donors (Lipinski definition) is 2. The van der Waals surface area contributed by atoms with Crippen LogP contribution in [0.5, 0.6) is 0 Å². The van der Waals surface area contributed by atoms with E-state index in [2.05, 4.69) is 20.5 Å². The van der Waals surface area contributed by atoms with E-state index in [1.54, 1.807) is 24.4 Å². The first-order valence-electron chi connectivity index (χ1n) is 11.5. The summed E-state index contributed by atoms with van der Waals surface area (Å²) in [4.78, 5) is 3.86. The molecule has 3 aromatic carbocycles. The molecule has 5 rings (SSSR count). The van der Waals surface area contributed by atoms with Gasteiger partial charge in [-0.05, 0) is 42.0 Å². The van der Waals surface area contributed by atoms with Crippen LogP contribution in [-0.2, 0) is 31.4 Å². The van der Waals surface area contributed by atoms with Crippen molar-refractivity contribution in [2.45, 2.75) is 31.4 Å². The predicted molar refractivity (Wildman–Crippen MR) is 129 cm³/mol. The lowest BCUT2D eigenvalue weighted by Crippen LogP contribution is -2.37. The van der Waals surface area contributed by atoms with Gasteiger partial charge in [0.2, 0.25) is 0 Å². The number of hydrogen-bond acceptors (Lipinski definition) is 5. The molecule has 2 heterocycles. The number of aromatic nitrogens is 5. The normalized spacial score (nSPS) is 13.5. The van der Waals surface area contributed by atoms with Gasteiger partial charge in [0.05, 0.1) is 30.4 Å². The molecular weight excluding hydrogens is 507 g/mol. The van der Waals surface area contributed by atoms with E-state index in [4.69, 9.17) is 0 Å². The summed E-state index contributed by atoms with van der Waals surface area (Å²) in [6, 6.07) is 13.2. The van der Waals surface area contributed by atoms with Crippen molar-refractivity contribution in [3.8, 4) is 0 Å². The molecule has 0 radical (unpaired) electrons. The number of nitrogens with one attached hydrogen (secondary N) is 1. The van der Waals surface area contributed by atoms with Crippen LogP contribution in [0.3, 0.4) is 0 Å². The van der Waals surface area contributed by atoms with Crippen molar-refractivity contribution in [1.29, 1.82) is 0 Å². The molecule has 0 amide bonds. The molecule has 196 valence electrons. The number of benzene rings is 3. The highest BCUT2D eigenvalue weighted by Crippen LogP contribution is 2.31. The topological polar surface area (TPSA) is 80.8 Å². The summed E-state index contributed by atoms with van der Waals surface area (Å²) < 4.78 is 69.5. The maximum absolute atomic E-state index is 14.7. The first-order chi connectivity index (χ1) is 18.1. The maximum atomic E-state index is 14.7. The predicted octanol–water partition coefficient (Wildman–Crippen LogP) is 5.12. The molecule has 0 bridgehead atoms. The lowest BCUT2D eigenvalue weighted by molar-refractivity contribution is -0.137. The molecule has 1 atom stereocenters. The molecule has 0 aliphatic carbocycles. The van der Waals surface area contributed by atoms with Gasteiger partial charge in [-0.3, -0.25) is 4.68 Å². The third kappa shape index (κ3) is 5.35. The fourth-order valence-electron chi connectivity index (χ4n) is 4.26. The lowest BCUT2D eigenvalue weighted by Gasteiger charge is -2.29. The van der Waals surface area contributed by atoms with Crippen molar-refractivity contribution in [3.63, 3.8) is 0 Å². The SMILES string of the molecule is OC(Cn1cncn1)(Cn1ncc2cc(NCc3ccc(C(F)(F)F)cc3)ccc21)c1ccc(F)cc1F. The zero-order valence-corrected chi connectivity index (χ0v) is 19.7.